The maximum atomic E-state index is 13.8. The van der Waals surface area contributed by atoms with Gasteiger partial charge in [-0.3, -0.25) is 9.59 Å². The van der Waals surface area contributed by atoms with E-state index in [2.05, 4.69) is 9.97 Å². The number of carbonyl (C=O) groups is 2. The molecule has 2 N–H and O–H groups in total. The van der Waals surface area contributed by atoms with Crippen LogP contribution in [0.5, 0.6) is 0 Å². The van der Waals surface area contributed by atoms with Crippen molar-refractivity contribution in [3.8, 4) is 22.3 Å². The van der Waals surface area contributed by atoms with Crippen LogP contribution >= 0.6 is 0 Å². The minimum Gasteiger partial charge on any atom is -0.486 e. The molecule has 2 aliphatic heterocycles. The van der Waals surface area contributed by atoms with Crippen molar-refractivity contribution >= 4 is 63.5 Å². The Labute approximate surface area is 276 Å². The van der Waals surface area contributed by atoms with Gasteiger partial charge in [0.15, 0.2) is 11.5 Å². The quantitative estimate of drug-likeness (QED) is 0.186. The zero-order chi connectivity index (χ0) is 32.8. The Hall–Kier alpha value is -6.34. The topological polar surface area (TPSA) is 101 Å². The molecule has 7 heteroatoms. The fourth-order valence-corrected chi connectivity index (χ4v) is 6.35. The van der Waals surface area contributed by atoms with Gasteiger partial charge >= 0.3 is 0 Å². The summed E-state index contributed by atoms with van der Waals surface area (Å²) in [6.45, 7) is 3.67. The Balaban J connectivity index is 1.56. The minimum atomic E-state index is -0.367. The van der Waals surface area contributed by atoms with E-state index in [1.807, 2.05) is 129 Å². The second-order valence-electron chi connectivity index (χ2n) is 12.0. The number of hydrogen-bond acceptors (Lipinski definition) is 5. The summed E-state index contributed by atoms with van der Waals surface area (Å²) in [6.07, 6.45) is 10.1. The molecule has 48 heavy (non-hydrogen) atoms. The Morgan fingerprint density at radius 2 is 1.10 bits per heavy atom. The largest absolute Gasteiger partial charge is 0.486 e. The summed E-state index contributed by atoms with van der Waals surface area (Å²) in [5.74, 6) is -0.691. The molecule has 7 nitrogen and oxygen atoms in total. The molecule has 0 atom stereocenters. The highest BCUT2D eigenvalue weighted by Crippen LogP contribution is 2.37. The fraction of sp³-hybridized carbons (Fsp3) is 0.0732. The van der Waals surface area contributed by atoms with Crippen LogP contribution in [0.25, 0.3) is 74.2 Å². The second kappa shape index (κ2) is 11.8. The molecule has 3 aromatic heterocycles. The number of nitrogens with one attached hydrogen (secondary N) is 2. The number of fused-ring (bicyclic) bond motifs is 8. The van der Waals surface area contributed by atoms with Gasteiger partial charge in [0.1, 0.15) is 0 Å². The van der Waals surface area contributed by atoms with E-state index in [9.17, 15) is 9.59 Å². The minimum absolute atomic E-state index is 0.00835. The number of carbonyl (C=O) groups excluding carboxylic acids is 2. The first-order valence-corrected chi connectivity index (χ1v) is 15.8. The highest BCUT2D eigenvalue weighted by molar-refractivity contribution is 6.36. The number of aromatic nitrogens is 4. The molecular weight excluding hydrogens is 596 g/mol. The molecular formula is C41H30N4O3. The molecule has 8 rings (SSSR count). The first-order valence-electron chi connectivity index (χ1n) is 15.8. The van der Waals surface area contributed by atoms with Crippen molar-refractivity contribution in [3.05, 3.63) is 137 Å². The van der Waals surface area contributed by atoms with Crippen LogP contribution in [0.1, 0.15) is 42.2 Å². The Morgan fingerprint density at radius 3 is 1.77 bits per heavy atom. The SMILES string of the molecule is CC(C)OC1=C(c2c3nc(c(-c4ccccc4)c4ccc(cc5nc(c(-c6ccccc6)c6ccc2[nH]6)C=C5)[nH]4)C=C3)C(=O)C=CC1=O. The lowest BCUT2D eigenvalue weighted by atomic mass is 9.93. The molecule has 0 fully saturated rings. The van der Waals surface area contributed by atoms with E-state index in [4.69, 9.17) is 14.7 Å². The van der Waals surface area contributed by atoms with Crippen LogP contribution in [0.3, 0.4) is 0 Å². The summed E-state index contributed by atoms with van der Waals surface area (Å²) in [5, 5.41) is 0. The third-order valence-corrected chi connectivity index (χ3v) is 8.39. The second-order valence-corrected chi connectivity index (χ2v) is 12.0. The molecule has 0 amide bonds. The van der Waals surface area contributed by atoms with Gasteiger partial charge in [0.2, 0.25) is 5.78 Å². The van der Waals surface area contributed by atoms with E-state index >= 15 is 0 Å². The monoisotopic (exact) mass is 626 g/mol. The average Bonchev–Trinajstić information content (AvgIpc) is 3.92. The maximum Gasteiger partial charge on any atom is 0.221 e. The number of ether oxygens (including phenoxy) is 1. The van der Waals surface area contributed by atoms with Gasteiger partial charge in [-0.1, -0.05) is 60.7 Å². The Morgan fingerprint density at radius 1 is 0.562 bits per heavy atom. The van der Waals surface area contributed by atoms with Crippen molar-refractivity contribution in [1.29, 1.82) is 0 Å². The van der Waals surface area contributed by atoms with Crippen LogP contribution in [0, 0.1) is 0 Å². The third kappa shape index (κ3) is 5.21. The summed E-state index contributed by atoms with van der Waals surface area (Å²) in [4.78, 5) is 44.5. The van der Waals surface area contributed by atoms with Crippen molar-refractivity contribution in [3.63, 3.8) is 0 Å². The Kier molecular flexibility index (Phi) is 7.14. The number of aromatic amines is 2. The molecule has 2 aromatic carbocycles. The average molecular weight is 627 g/mol. The standard InChI is InChI=1S/C41H30N4O3/c1-24(2)48-41-36(47)22-21-35(46)40(41)39-33-19-17-31(44-33)37(25-9-5-3-6-10-25)29-15-13-27(42-29)23-28-14-16-30(43-28)38(26-11-7-4-8-12-26)32-18-20-34(39)45-32/h3-24,42,45H,1-2H3. The molecule has 0 unspecified atom stereocenters. The maximum absolute atomic E-state index is 13.8. The lowest BCUT2D eigenvalue weighted by Gasteiger charge is -2.18. The first-order chi connectivity index (χ1) is 23.4. The highest BCUT2D eigenvalue weighted by Gasteiger charge is 2.30. The molecule has 0 saturated carbocycles. The number of nitrogens with zero attached hydrogens (tertiary/aromatic N) is 2. The molecule has 5 heterocycles. The van der Waals surface area contributed by atoms with Crippen molar-refractivity contribution in [1.82, 2.24) is 19.9 Å². The number of allylic oxidation sites excluding steroid dienone is 3. The summed E-state index contributed by atoms with van der Waals surface area (Å²) in [6, 6.07) is 30.1. The van der Waals surface area contributed by atoms with Crippen molar-refractivity contribution in [2.75, 3.05) is 0 Å². The number of hydrogen-bond donors (Lipinski definition) is 2. The summed E-state index contributed by atoms with van der Waals surface area (Å²) < 4.78 is 6.06. The van der Waals surface area contributed by atoms with Crippen LogP contribution in [0.4, 0.5) is 0 Å². The summed E-state index contributed by atoms with van der Waals surface area (Å²) >= 11 is 0. The molecule has 232 valence electrons. The van der Waals surface area contributed by atoms with Gasteiger partial charge in [0, 0.05) is 38.8 Å². The Bertz CT molecular complexity index is 2390. The van der Waals surface area contributed by atoms with E-state index in [-0.39, 0.29) is 29.0 Å². The van der Waals surface area contributed by atoms with Crippen LogP contribution in [-0.4, -0.2) is 37.6 Å². The van der Waals surface area contributed by atoms with Crippen LogP contribution in [0.15, 0.2) is 109 Å². The highest BCUT2D eigenvalue weighted by atomic mass is 16.5. The molecule has 0 radical (unpaired) electrons. The van der Waals surface area contributed by atoms with Gasteiger partial charge in [-0.05, 0) is 91.8 Å². The summed E-state index contributed by atoms with van der Waals surface area (Å²) in [5.41, 5.74) is 10.4. The molecule has 1 aliphatic carbocycles. The van der Waals surface area contributed by atoms with Crippen LogP contribution < -0.4 is 0 Å². The van der Waals surface area contributed by atoms with Crippen molar-refractivity contribution in [2.45, 2.75) is 20.0 Å². The van der Waals surface area contributed by atoms with Crippen molar-refractivity contribution < 1.29 is 14.3 Å². The van der Waals surface area contributed by atoms with Gasteiger partial charge in [-0.15, -0.1) is 0 Å². The molecule has 8 bridgehead atoms. The van der Waals surface area contributed by atoms with Crippen molar-refractivity contribution in [2.24, 2.45) is 0 Å². The first kappa shape index (κ1) is 29.1. The van der Waals surface area contributed by atoms with E-state index in [0.717, 1.165) is 50.2 Å². The van der Waals surface area contributed by atoms with Gasteiger partial charge in [-0.2, -0.15) is 0 Å². The number of H-pyrrole nitrogens is 2. The lowest BCUT2D eigenvalue weighted by molar-refractivity contribution is -0.117. The van der Waals surface area contributed by atoms with Gasteiger partial charge < -0.3 is 14.7 Å². The van der Waals surface area contributed by atoms with E-state index in [1.165, 1.54) is 12.2 Å². The van der Waals surface area contributed by atoms with E-state index in [1.54, 1.807) is 0 Å². The smallest absolute Gasteiger partial charge is 0.221 e. The third-order valence-electron chi connectivity index (χ3n) is 8.39. The fourth-order valence-electron chi connectivity index (χ4n) is 6.35. The predicted octanol–water partition coefficient (Wildman–Crippen LogP) is 8.83. The predicted molar refractivity (Wildman–Crippen MR) is 192 cm³/mol. The normalized spacial score (nSPS) is 14.0. The lowest BCUT2D eigenvalue weighted by Crippen LogP contribution is -2.19. The molecule has 5 aromatic rings. The van der Waals surface area contributed by atoms with Gasteiger partial charge in [0.25, 0.3) is 0 Å². The van der Waals surface area contributed by atoms with Gasteiger partial charge in [0.05, 0.1) is 34.5 Å². The number of benzene rings is 2. The number of rotatable bonds is 5. The van der Waals surface area contributed by atoms with Crippen LogP contribution in [0.2, 0.25) is 0 Å². The van der Waals surface area contributed by atoms with E-state index in [0.29, 0.717) is 22.5 Å². The molecule has 0 saturated heterocycles. The van der Waals surface area contributed by atoms with E-state index < -0.39 is 0 Å². The summed E-state index contributed by atoms with van der Waals surface area (Å²) in [7, 11) is 0. The number of ketones is 2. The molecule has 3 aliphatic rings. The molecule has 0 spiro atoms. The zero-order valence-electron chi connectivity index (χ0n) is 26.3. The van der Waals surface area contributed by atoms with Crippen LogP contribution in [-0.2, 0) is 14.3 Å². The van der Waals surface area contributed by atoms with Gasteiger partial charge in [-0.25, -0.2) is 9.97 Å². The zero-order valence-corrected chi connectivity index (χ0v) is 26.3.